The number of benzene rings is 3. The average molecular weight is 299 g/mol. The van der Waals surface area contributed by atoms with Gasteiger partial charge in [0.15, 0.2) is 0 Å². The van der Waals surface area contributed by atoms with Crippen molar-refractivity contribution in [2.75, 3.05) is 0 Å². The molecule has 0 saturated heterocycles. The molecule has 0 amide bonds. The van der Waals surface area contributed by atoms with E-state index in [1.807, 2.05) is 72.8 Å². The van der Waals surface area contributed by atoms with Gasteiger partial charge in [0.25, 0.3) is 0 Å². The predicted molar refractivity (Wildman–Crippen MR) is 92.5 cm³/mol. The van der Waals surface area contributed by atoms with E-state index >= 15 is 0 Å². The molecule has 0 aromatic heterocycles. The van der Waals surface area contributed by atoms with Gasteiger partial charge in [-0.15, -0.1) is 0 Å². The molecule has 0 aliphatic carbocycles. The summed E-state index contributed by atoms with van der Waals surface area (Å²) in [4.78, 5) is 0. The standard InChI is InChI=1S/C21H17NO/c1-2-16-13-14-20(23-18-11-7-4-8-12-18)21(19(16)15-22)17-9-5-3-6-10-17/h3-14H,2H2,1H3. The third kappa shape index (κ3) is 3.09. The maximum Gasteiger partial charge on any atom is 0.136 e. The number of hydrogen-bond donors (Lipinski definition) is 0. The van der Waals surface area contributed by atoms with E-state index in [1.165, 1.54) is 0 Å². The molecule has 0 N–H and O–H groups in total. The Balaban J connectivity index is 2.18. The minimum atomic E-state index is 0.687. The lowest BCUT2D eigenvalue weighted by molar-refractivity contribution is 0.484. The second-order valence-electron chi connectivity index (χ2n) is 5.22. The molecule has 0 radical (unpaired) electrons. The summed E-state index contributed by atoms with van der Waals surface area (Å²) in [6, 6.07) is 25.9. The van der Waals surface area contributed by atoms with Crippen LogP contribution >= 0.6 is 0 Å². The molecule has 0 atom stereocenters. The molecule has 0 aliphatic rings. The minimum Gasteiger partial charge on any atom is -0.457 e. The SMILES string of the molecule is CCc1ccc(Oc2ccccc2)c(-c2ccccc2)c1C#N. The second-order valence-corrected chi connectivity index (χ2v) is 5.22. The third-order valence-electron chi connectivity index (χ3n) is 3.78. The van der Waals surface area contributed by atoms with Crippen molar-refractivity contribution in [1.82, 2.24) is 0 Å². The number of aryl methyl sites for hydroxylation is 1. The molecule has 23 heavy (non-hydrogen) atoms. The van der Waals surface area contributed by atoms with E-state index in [9.17, 15) is 5.26 Å². The monoisotopic (exact) mass is 299 g/mol. The van der Waals surface area contributed by atoms with Crippen molar-refractivity contribution < 1.29 is 4.74 Å². The van der Waals surface area contributed by atoms with Gasteiger partial charge in [0.1, 0.15) is 17.6 Å². The first-order valence-corrected chi connectivity index (χ1v) is 7.67. The Morgan fingerprint density at radius 3 is 2.13 bits per heavy atom. The Hall–Kier alpha value is -3.05. The van der Waals surface area contributed by atoms with Crippen LogP contribution in [-0.2, 0) is 6.42 Å². The third-order valence-corrected chi connectivity index (χ3v) is 3.78. The highest BCUT2D eigenvalue weighted by atomic mass is 16.5. The number of ether oxygens (including phenoxy) is 1. The van der Waals surface area contributed by atoms with Gasteiger partial charge < -0.3 is 4.74 Å². The summed E-state index contributed by atoms with van der Waals surface area (Å²) in [6.07, 6.45) is 0.814. The van der Waals surface area contributed by atoms with Crippen LogP contribution in [0.15, 0.2) is 72.8 Å². The predicted octanol–water partition coefficient (Wildman–Crippen LogP) is 5.58. The van der Waals surface area contributed by atoms with Gasteiger partial charge in [-0.1, -0.05) is 61.5 Å². The van der Waals surface area contributed by atoms with Crippen molar-refractivity contribution >= 4 is 0 Å². The lowest BCUT2D eigenvalue weighted by Crippen LogP contribution is -1.96. The van der Waals surface area contributed by atoms with Crippen LogP contribution in [0.5, 0.6) is 11.5 Å². The molecule has 0 fully saturated rings. The molecular formula is C21H17NO. The van der Waals surface area contributed by atoms with Crippen LogP contribution in [0.3, 0.4) is 0 Å². The van der Waals surface area contributed by atoms with Gasteiger partial charge in [-0.3, -0.25) is 0 Å². The van der Waals surface area contributed by atoms with Gasteiger partial charge in [0.05, 0.1) is 5.56 Å². The number of para-hydroxylation sites is 1. The van der Waals surface area contributed by atoms with Crippen LogP contribution < -0.4 is 4.74 Å². The van der Waals surface area contributed by atoms with Crippen molar-refractivity contribution in [2.24, 2.45) is 0 Å². The first-order valence-electron chi connectivity index (χ1n) is 7.67. The summed E-state index contributed by atoms with van der Waals surface area (Å²) in [6.45, 7) is 2.06. The minimum absolute atomic E-state index is 0.687. The molecule has 3 aromatic rings. The van der Waals surface area contributed by atoms with E-state index in [0.29, 0.717) is 11.3 Å². The molecule has 2 heteroatoms. The van der Waals surface area contributed by atoms with E-state index in [1.54, 1.807) is 0 Å². The maximum absolute atomic E-state index is 9.68. The first-order chi connectivity index (χ1) is 11.3. The Bertz CT molecular complexity index is 833. The van der Waals surface area contributed by atoms with Gasteiger partial charge in [-0.2, -0.15) is 5.26 Å². The number of nitrogens with zero attached hydrogens (tertiary/aromatic N) is 1. The molecule has 112 valence electrons. The van der Waals surface area contributed by atoms with Crippen molar-refractivity contribution in [1.29, 1.82) is 5.26 Å². The average Bonchev–Trinajstić information content (AvgIpc) is 2.62. The fourth-order valence-corrected chi connectivity index (χ4v) is 2.64. The highest BCUT2D eigenvalue weighted by Gasteiger charge is 2.16. The summed E-state index contributed by atoms with van der Waals surface area (Å²) in [5.74, 6) is 1.47. The molecular weight excluding hydrogens is 282 g/mol. The summed E-state index contributed by atoms with van der Waals surface area (Å²) in [5.41, 5.74) is 3.57. The van der Waals surface area contributed by atoms with Crippen molar-refractivity contribution in [3.8, 4) is 28.7 Å². The van der Waals surface area contributed by atoms with E-state index in [4.69, 9.17) is 4.74 Å². The van der Waals surface area contributed by atoms with Crippen LogP contribution in [-0.4, -0.2) is 0 Å². The Morgan fingerprint density at radius 1 is 0.870 bits per heavy atom. The van der Waals surface area contributed by atoms with Crippen LogP contribution in [0, 0.1) is 11.3 Å². The molecule has 0 aliphatic heterocycles. The summed E-state index contributed by atoms with van der Waals surface area (Å²) < 4.78 is 6.05. The maximum atomic E-state index is 9.68. The summed E-state index contributed by atoms with van der Waals surface area (Å²) in [5, 5.41) is 9.68. The molecule has 0 saturated carbocycles. The largest absolute Gasteiger partial charge is 0.457 e. The van der Waals surface area contributed by atoms with Crippen LogP contribution in [0.25, 0.3) is 11.1 Å². The zero-order valence-electron chi connectivity index (χ0n) is 13.0. The highest BCUT2D eigenvalue weighted by Crippen LogP contribution is 2.37. The second kappa shape index (κ2) is 6.81. The zero-order chi connectivity index (χ0) is 16.1. The number of rotatable bonds is 4. The molecule has 2 nitrogen and oxygen atoms in total. The fraction of sp³-hybridized carbons (Fsp3) is 0.0952. The summed E-state index contributed by atoms with van der Waals surface area (Å²) >= 11 is 0. The number of hydrogen-bond acceptors (Lipinski definition) is 2. The fourth-order valence-electron chi connectivity index (χ4n) is 2.64. The van der Waals surface area contributed by atoms with E-state index in [2.05, 4.69) is 13.0 Å². The van der Waals surface area contributed by atoms with Crippen LogP contribution in [0.2, 0.25) is 0 Å². The Kier molecular flexibility index (Phi) is 4.40. The Labute approximate surface area is 136 Å². The lowest BCUT2D eigenvalue weighted by atomic mass is 9.94. The normalized spacial score (nSPS) is 10.1. The van der Waals surface area contributed by atoms with Gasteiger partial charge in [-0.05, 0) is 35.7 Å². The van der Waals surface area contributed by atoms with Crippen molar-refractivity contribution in [3.05, 3.63) is 83.9 Å². The molecule has 0 heterocycles. The highest BCUT2D eigenvalue weighted by molar-refractivity contribution is 5.78. The van der Waals surface area contributed by atoms with Gasteiger partial charge >= 0.3 is 0 Å². The molecule has 3 aromatic carbocycles. The van der Waals surface area contributed by atoms with E-state index in [-0.39, 0.29) is 0 Å². The van der Waals surface area contributed by atoms with E-state index < -0.39 is 0 Å². The van der Waals surface area contributed by atoms with Gasteiger partial charge in [0, 0.05) is 5.56 Å². The Morgan fingerprint density at radius 2 is 1.52 bits per heavy atom. The summed E-state index contributed by atoms with van der Waals surface area (Å²) in [7, 11) is 0. The quantitative estimate of drug-likeness (QED) is 0.630. The van der Waals surface area contributed by atoms with Gasteiger partial charge in [-0.25, -0.2) is 0 Å². The lowest BCUT2D eigenvalue weighted by Gasteiger charge is -2.15. The molecule has 0 unspecified atom stereocenters. The van der Waals surface area contributed by atoms with Crippen LogP contribution in [0.4, 0.5) is 0 Å². The molecule has 0 spiro atoms. The topological polar surface area (TPSA) is 33.0 Å². The van der Waals surface area contributed by atoms with Crippen LogP contribution in [0.1, 0.15) is 18.1 Å². The van der Waals surface area contributed by atoms with Gasteiger partial charge in [0.2, 0.25) is 0 Å². The van der Waals surface area contributed by atoms with Crippen molar-refractivity contribution in [3.63, 3.8) is 0 Å². The van der Waals surface area contributed by atoms with Crippen molar-refractivity contribution in [2.45, 2.75) is 13.3 Å². The smallest absolute Gasteiger partial charge is 0.136 e. The first kappa shape index (κ1) is 14.9. The zero-order valence-corrected chi connectivity index (χ0v) is 13.0. The molecule has 0 bridgehead atoms. The van der Waals surface area contributed by atoms with E-state index in [0.717, 1.165) is 28.9 Å². The number of nitriles is 1. The molecule has 3 rings (SSSR count).